The van der Waals surface area contributed by atoms with Gasteiger partial charge in [0.2, 0.25) is 0 Å². The van der Waals surface area contributed by atoms with Crippen LogP contribution in [0.25, 0.3) is 0 Å². The van der Waals surface area contributed by atoms with E-state index in [2.05, 4.69) is 28.1 Å². The number of nitrogens with zero attached hydrogens (tertiary/aromatic N) is 2. The Bertz CT molecular complexity index is 970. The lowest BCUT2D eigenvalue weighted by Crippen LogP contribution is -2.49. The molecule has 2 aliphatic rings. The van der Waals surface area contributed by atoms with Gasteiger partial charge in [0.25, 0.3) is 0 Å². The Kier molecular flexibility index (Phi) is 7.16. The van der Waals surface area contributed by atoms with E-state index in [1.54, 1.807) is 11.3 Å². The average molecular weight is 478 g/mol. The standard InChI is InChI=1S/C23H28ClN3O2S2/c1-15-6-7-18-19(12-15)31-21(20(18)22(28)29-2)25-23(30)27-10-8-26(9-11-27)14-16-4-3-5-17(24)13-16/h3-5,13,15H,6-12,14H2,1-2H3,(H,25,30). The molecule has 1 aliphatic carbocycles. The molecule has 1 aliphatic heterocycles. The van der Waals surface area contributed by atoms with Crippen LogP contribution in [0, 0.1) is 5.92 Å². The molecule has 0 radical (unpaired) electrons. The van der Waals surface area contributed by atoms with Crippen molar-refractivity contribution in [3.8, 4) is 0 Å². The van der Waals surface area contributed by atoms with Crippen molar-refractivity contribution < 1.29 is 9.53 Å². The summed E-state index contributed by atoms with van der Waals surface area (Å²) in [5.41, 5.74) is 3.05. The molecule has 1 aromatic carbocycles. The predicted octanol–water partition coefficient (Wildman–Crippen LogP) is 4.83. The summed E-state index contributed by atoms with van der Waals surface area (Å²) >= 11 is 13.5. The van der Waals surface area contributed by atoms with E-state index in [0.29, 0.717) is 16.6 Å². The fourth-order valence-electron chi connectivity index (χ4n) is 4.34. The molecule has 2 heterocycles. The van der Waals surface area contributed by atoms with Crippen molar-refractivity contribution in [2.75, 3.05) is 38.6 Å². The zero-order valence-corrected chi connectivity index (χ0v) is 20.3. The van der Waals surface area contributed by atoms with Gasteiger partial charge < -0.3 is 15.0 Å². The molecule has 166 valence electrons. The Morgan fingerprint density at radius 2 is 2.10 bits per heavy atom. The first kappa shape index (κ1) is 22.5. The van der Waals surface area contributed by atoms with Crippen molar-refractivity contribution in [1.82, 2.24) is 9.80 Å². The first-order chi connectivity index (χ1) is 14.9. The van der Waals surface area contributed by atoms with Gasteiger partial charge in [-0.2, -0.15) is 0 Å². The van der Waals surface area contributed by atoms with E-state index in [4.69, 9.17) is 28.6 Å². The van der Waals surface area contributed by atoms with Crippen LogP contribution in [0.15, 0.2) is 24.3 Å². The van der Waals surface area contributed by atoms with Crippen LogP contribution in [0.4, 0.5) is 5.00 Å². The van der Waals surface area contributed by atoms with E-state index in [0.717, 1.165) is 67.6 Å². The number of carbonyl (C=O) groups is 1. The first-order valence-electron chi connectivity index (χ1n) is 10.7. The minimum atomic E-state index is -0.274. The number of esters is 1. The number of halogens is 1. The minimum absolute atomic E-state index is 0.274. The van der Waals surface area contributed by atoms with E-state index in [1.165, 1.54) is 17.6 Å². The number of hydrogen-bond acceptors (Lipinski definition) is 5. The molecular formula is C23H28ClN3O2S2. The summed E-state index contributed by atoms with van der Waals surface area (Å²) in [4.78, 5) is 18.4. The van der Waals surface area contributed by atoms with Crippen LogP contribution in [0.3, 0.4) is 0 Å². The topological polar surface area (TPSA) is 44.8 Å². The smallest absolute Gasteiger partial charge is 0.341 e. The molecule has 1 N–H and O–H groups in total. The number of carbonyl (C=O) groups excluding carboxylic acids is 1. The van der Waals surface area contributed by atoms with Crippen molar-refractivity contribution in [2.24, 2.45) is 5.92 Å². The third-order valence-corrected chi connectivity index (χ3v) is 7.84. The summed E-state index contributed by atoms with van der Waals surface area (Å²) in [5.74, 6) is 0.368. The number of ether oxygens (including phenoxy) is 1. The highest BCUT2D eigenvalue weighted by Gasteiger charge is 2.29. The summed E-state index contributed by atoms with van der Waals surface area (Å²) in [6.07, 6.45) is 3.04. The van der Waals surface area contributed by atoms with Gasteiger partial charge in [-0.15, -0.1) is 11.3 Å². The minimum Gasteiger partial charge on any atom is -0.465 e. The number of hydrogen-bond donors (Lipinski definition) is 1. The number of piperazine rings is 1. The molecule has 0 spiro atoms. The third kappa shape index (κ3) is 5.22. The number of thiocarbonyl (C=S) groups is 1. The number of benzene rings is 1. The van der Waals surface area contributed by atoms with Crippen molar-refractivity contribution in [2.45, 2.75) is 32.7 Å². The monoisotopic (exact) mass is 477 g/mol. The first-order valence-corrected chi connectivity index (χ1v) is 12.3. The number of methoxy groups -OCH3 is 1. The SMILES string of the molecule is COC(=O)c1c(NC(=S)N2CCN(Cc3cccc(Cl)c3)CC2)sc2c1CCC(C)C2. The van der Waals surface area contributed by atoms with Gasteiger partial charge in [0.15, 0.2) is 5.11 Å². The molecular weight excluding hydrogens is 450 g/mol. The van der Waals surface area contributed by atoms with Crippen LogP contribution >= 0.6 is 35.2 Å². The molecule has 1 saturated heterocycles. The second kappa shape index (κ2) is 9.86. The van der Waals surface area contributed by atoms with Gasteiger partial charge in [-0.1, -0.05) is 30.7 Å². The fraction of sp³-hybridized carbons (Fsp3) is 0.478. The molecule has 1 aromatic heterocycles. The Balaban J connectivity index is 1.39. The van der Waals surface area contributed by atoms with Gasteiger partial charge in [-0.05, 0) is 60.7 Å². The van der Waals surface area contributed by atoms with Crippen LogP contribution in [0.2, 0.25) is 5.02 Å². The van der Waals surface area contributed by atoms with E-state index in [-0.39, 0.29) is 5.97 Å². The molecule has 4 rings (SSSR count). The number of nitrogens with one attached hydrogen (secondary N) is 1. The summed E-state index contributed by atoms with van der Waals surface area (Å²) in [5, 5.41) is 5.66. The molecule has 2 aromatic rings. The third-order valence-electron chi connectivity index (χ3n) is 6.08. The van der Waals surface area contributed by atoms with Crippen molar-refractivity contribution in [1.29, 1.82) is 0 Å². The maximum atomic E-state index is 12.5. The Morgan fingerprint density at radius 1 is 1.32 bits per heavy atom. The highest BCUT2D eigenvalue weighted by molar-refractivity contribution is 7.80. The van der Waals surface area contributed by atoms with Gasteiger partial charge in [-0.25, -0.2) is 4.79 Å². The van der Waals surface area contributed by atoms with Gasteiger partial charge >= 0.3 is 5.97 Å². The molecule has 0 bridgehead atoms. The molecule has 1 atom stereocenters. The quantitative estimate of drug-likeness (QED) is 0.502. The largest absolute Gasteiger partial charge is 0.465 e. The zero-order valence-electron chi connectivity index (χ0n) is 17.9. The molecule has 8 heteroatoms. The van der Waals surface area contributed by atoms with Gasteiger partial charge in [0.05, 0.1) is 12.7 Å². The summed E-state index contributed by atoms with van der Waals surface area (Å²) in [7, 11) is 1.44. The maximum Gasteiger partial charge on any atom is 0.341 e. The van der Waals surface area contributed by atoms with Crippen molar-refractivity contribution >= 4 is 51.2 Å². The van der Waals surface area contributed by atoms with Crippen LogP contribution in [-0.4, -0.2) is 54.2 Å². The second-order valence-corrected chi connectivity index (χ2v) is 10.3. The fourth-order valence-corrected chi connectivity index (χ4v) is 6.30. The van der Waals surface area contributed by atoms with E-state index in [9.17, 15) is 4.79 Å². The lowest BCUT2D eigenvalue weighted by atomic mass is 9.88. The van der Waals surface area contributed by atoms with Gasteiger partial charge in [0, 0.05) is 42.6 Å². The van der Waals surface area contributed by atoms with Crippen LogP contribution < -0.4 is 5.32 Å². The Hall–Kier alpha value is -1.67. The van der Waals surface area contributed by atoms with Gasteiger partial charge in [0.1, 0.15) is 5.00 Å². The molecule has 5 nitrogen and oxygen atoms in total. The predicted molar refractivity (Wildman–Crippen MR) is 131 cm³/mol. The van der Waals surface area contributed by atoms with Crippen LogP contribution in [0.1, 0.15) is 39.7 Å². The normalized spacial score (nSPS) is 19.1. The molecule has 0 saturated carbocycles. The Morgan fingerprint density at radius 3 is 2.81 bits per heavy atom. The molecule has 1 fully saturated rings. The van der Waals surface area contributed by atoms with Crippen molar-refractivity contribution in [3.05, 3.63) is 50.9 Å². The maximum absolute atomic E-state index is 12.5. The number of thiophene rings is 1. The number of rotatable bonds is 4. The van der Waals surface area contributed by atoms with Gasteiger partial charge in [-0.3, -0.25) is 4.90 Å². The highest BCUT2D eigenvalue weighted by Crippen LogP contribution is 2.40. The molecule has 0 amide bonds. The summed E-state index contributed by atoms with van der Waals surface area (Å²) in [6.45, 7) is 6.70. The van der Waals surface area contributed by atoms with Crippen LogP contribution in [-0.2, 0) is 24.1 Å². The van der Waals surface area contributed by atoms with E-state index in [1.807, 2.05) is 18.2 Å². The summed E-state index contributed by atoms with van der Waals surface area (Å²) < 4.78 is 5.09. The second-order valence-electron chi connectivity index (χ2n) is 8.37. The summed E-state index contributed by atoms with van der Waals surface area (Å²) in [6, 6.07) is 8.03. The van der Waals surface area contributed by atoms with E-state index < -0.39 is 0 Å². The van der Waals surface area contributed by atoms with E-state index >= 15 is 0 Å². The highest BCUT2D eigenvalue weighted by atomic mass is 35.5. The lowest BCUT2D eigenvalue weighted by molar-refractivity contribution is 0.0601. The van der Waals surface area contributed by atoms with Crippen molar-refractivity contribution in [3.63, 3.8) is 0 Å². The Labute approximate surface area is 198 Å². The lowest BCUT2D eigenvalue weighted by Gasteiger charge is -2.36. The molecule has 31 heavy (non-hydrogen) atoms. The van der Waals surface area contributed by atoms with Crippen LogP contribution in [0.5, 0.6) is 0 Å². The number of fused-ring (bicyclic) bond motifs is 1. The molecule has 1 unspecified atom stereocenters. The number of anilines is 1. The average Bonchev–Trinajstić information content (AvgIpc) is 3.10. The zero-order chi connectivity index (χ0) is 22.0.